The van der Waals surface area contributed by atoms with Crippen molar-refractivity contribution in [2.24, 2.45) is 0 Å². The van der Waals surface area contributed by atoms with Gasteiger partial charge in [0.25, 0.3) is 0 Å². The van der Waals surface area contributed by atoms with Gasteiger partial charge in [-0.2, -0.15) is 5.10 Å². The maximum Gasteiger partial charge on any atom is 0.309 e. The summed E-state index contributed by atoms with van der Waals surface area (Å²) in [5, 5.41) is 15.7. The second-order valence-electron chi connectivity index (χ2n) is 5.04. The van der Waals surface area contributed by atoms with Crippen molar-refractivity contribution in [3.05, 3.63) is 41.1 Å². The van der Waals surface area contributed by atoms with E-state index in [-0.39, 0.29) is 6.42 Å². The van der Waals surface area contributed by atoms with Crippen LogP contribution in [0.15, 0.2) is 24.3 Å². The lowest BCUT2D eigenvalue weighted by Gasteiger charge is -2.15. The first-order chi connectivity index (χ1) is 9.22. The zero-order valence-corrected chi connectivity index (χ0v) is 10.6. The van der Waals surface area contributed by atoms with E-state index in [2.05, 4.69) is 28.4 Å². The SMILES string of the molecule is O=C(O)Cc1cc(-c2ccc3c(c2)CCCC3)n[nH]1. The molecule has 0 fully saturated rings. The Labute approximate surface area is 111 Å². The van der Waals surface area contributed by atoms with E-state index in [0.29, 0.717) is 5.69 Å². The molecule has 0 saturated heterocycles. The number of fused-ring (bicyclic) bond motifs is 1. The minimum absolute atomic E-state index is 0.0159. The largest absolute Gasteiger partial charge is 0.481 e. The Hall–Kier alpha value is -2.10. The van der Waals surface area contributed by atoms with Crippen LogP contribution in [0.4, 0.5) is 0 Å². The number of rotatable bonds is 3. The molecule has 2 N–H and O–H groups in total. The molecule has 0 saturated carbocycles. The fourth-order valence-corrected chi connectivity index (χ4v) is 2.66. The van der Waals surface area contributed by atoms with E-state index in [1.807, 2.05) is 6.07 Å². The van der Waals surface area contributed by atoms with Gasteiger partial charge in [-0.15, -0.1) is 0 Å². The van der Waals surface area contributed by atoms with E-state index in [1.165, 1.54) is 30.4 Å². The highest BCUT2D eigenvalue weighted by Gasteiger charge is 2.12. The van der Waals surface area contributed by atoms with Crippen LogP contribution < -0.4 is 0 Å². The highest BCUT2D eigenvalue weighted by Crippen LogP contribution is 2.26. The van der Waals surface area contributed by atoms with Crippen LogP contribution >= 0.6 is 0 Å². The van der Waals surface area contributed by atoms with Gasteiger partial charge in [0, 0.05) is 11.3 Å². The Morgan fingerprint density at radius 2 is 2.00 bits per heavy atom. The average Bonchev–Trinajstić information content (AvgIpc) is 2.86. The van der Waals surface area contributed by atoms with E-state index in [0.717, 1.165) is 17.7 Å². The normalized spacial score (nSPS) is 14.1. The molecule has 1 heterocycles. The molecule has 0 spiro atoms. The molecular formula is C15H16N2O2. The molecule has 1 aliphatic carbocycles. The summed E-state index contributed by atoms with van der Waals surface area (Å²) in [6.07, 6.45) is 4.81. The molecule has 19 heavy (non-hydrogen) atoms. The standard InChI is InChI=1S/C15H16N2O2/c18-15(19)9-13-8-14(17-16-13)12-6-5-10-3-1-2-4-11(10)7-12/h5-8H,1-4,9H2,(H,16,17)(H,18,19). The zero-order valence-electron chi connectivity index (χ0n) is 10.6. The van der Waals surface area contributed by atoms with E-state index >= 15 is 0 Å². The minimum Gasteiger partial charge on any atom is -0.481 e. The first-order valence-electron chi connectivity index (χ1n) is 6.60. The minimum atomic E-state index is -0.847. The van der Waals surface area contributed by atoms with Crippen LogP contribution in [0, 0.1) is 0 Å². The summed E-state index contributed by atoms with van der Waals surface area (Å²) in [6, 6.07) is 8.26. The van der Waals surface area contributed by atoms with Crippen molar-refractivity contribution in [1.82, 2.24) is 10.2 Å². The van der Waals surface area contributed by atoms with E-state index in [1.54, 1.807) is 0 Å². The van der Waals surface area contributed by atoms with Crippen LogP contribution in [0.3, 0.4) is 0 Å². The summed E-state index contributed by atoms with van der Waals surface area (Å²) in [4.78, 5) is 10.7. The Morgan fingerprint density at radius 1 is 1.21 bits per heavy atom. The molecule has 0 atom stereocenters. The molecule has 1 aromatic carbocycles. The van der Waals surface area contributed by atoms with Crippen LogP contribution in [0.2, 0.25) is 0 Å². The number of aliphatic carboxylic acids is 1. The molecule has 0 amide bonds. The highest BCUT2D eigenvalue weighted by molar-refractivity contribution is 5.70. The molecular weight excluding hydrogens is 240 g/mol. The number of nitrogens with zero attached hydrogens (tertiary/aromatic N) is 1. The summed E-state index contributed by atoms with van der Waals surface area (Å²) in [6.45, 7) is 0. The van der Waals surface area contributed by atoms with Crippen LogP contribution in [-0.4, -0.2) is 21.3 Å². The van der Waals surface area contributed by atoms with Gasteiger partial charge in [-0.05, 0) is 48.9 Å². The third-order valence-corrected chi connectivity index (χ3v) is 3.62. The number of aryl methyl sites for hydroxylation is 2. The number of carbonyl (C=O) groups is 1. The monoisotopic (exact) mass is 256 g/mol. The number of hydrogen-bond donors (Lipinski definition) is 2. The number of benzene rings is 1. The lowest BCUT2D eigenvalue weighted by Crippen LogP contribution is -2.02. The van der Waals surface area contributed by atoms with Gasteiger partial charge < -0.3 is 5.11 Å². The van der Waals surface area contributed by atoms with Crippen molar-refractivity contribution < 1.29 is 9.90 Å². The second-order valence-corrected chi connectivity index (χ2v) is 5.04. The number of hydrogen-bond acceptors (Lipinski definition) is 2. The number of aromatic amines is 1. The highest BCUT2D eigenvalue weighted by atomic mass is 16.4. The van der Waals surface area contributed by atoms with Crippen LogP contribution in [0.5, 0.6) is 0 Å². The molecule has 0 unspecified atom stereocenters. The van der Waals surface area contributed by atoms with Gasteiger partial charge in [-0.3, -0.25) is 9.89 Å². The van der Waals surface area contributed by atoms with Crippen LogP contribution in [0.25, 0.3) is 11.3 Å². The number of carboxylic acid groups (broad SMARTS) is 1. The third kappa shape index (κ3) is 2.52. The topological polar surface area (TPSA) is 66.0 Å². The first-order valence-corrected chi connectivity index (χ1v) is 6.60. The molecule has 0 aliphatic heterocycles. The molecule has 0 bridgehead atoms. The van der Waals surface area contributed by atoms with Gasteiger partial charge in [0.1, 0.15) is 0 Å². The van der Waals surface area contributed by atoms with Crippen molar-refractivity contribution in [2.75, 3.05) is 0 Å². The lowest BCUT2D eigenvalue weighted by atomic mass is 9.90. The average molecular weight is 256 g/mol. The molecule has 98 valence electrons. The predicted molar refractivity (Wildman–Crippen MR) is 72.0 cm³/mol. The summed E-state index contributed by atoms with van der Waals surface area (Å²) in [7, 11) is 0. The van der Waals surface area contributed by atoms with E-state index in [9.17, 15) is 4.79 Å². The second kappa shape index (κ2) is 4.88. The molecule has 2 aromatic rings. The third-order valence-electron chi connectivity index (χ3n) is 3.62. The van der Waals surface area contributed by atoms with Gasteiger partial charge in [0.2, 0.25) is 0 Å². The quantitative estimate of drug-likeness (QED) is 0.887. The Bertz CT molecular complexity index is 616. The first kappa shape index (κ1) is 12.0. The van der Waals surface area contributed by atoms with E-state index in [4.69, 9.17) is 5.11 Å². The summed E-state index contributed by atoms with van der Waals surface area (Å²) >= 11 is 0. The number of nitrogens with one attached hydrogen (secondary N) is 1. The molecule has 1 aliphatic rings. The smallest absolute Gasteiger partial charge is 0.309 e. The Morgan fingerprint density at radius 3 is 2.79 bits per heavy atom. The van der Waals surface area contributed by atoms with Crippen molar-refractivity contribution >= 4 is 5.97 Å². The number of aromatic nitrogens is 2. The lowest BCUT2D eigenvalue weighted by molar-refractivity contribution is -0.136. The van der Waals surface area contributed by atoms with Crippen molar-refractivity contribution in [1.29, 1.82) is 0 Å². The summed E-state index contributed by atoms with van der Waals surface area (Å²) in [5.41, 5.74) is 5.38. The summed E-state index contributed by atoms with van der Waals surface area (Å²) in [5.74, 6) is -0.847. The van der Waals surface area contributed by atoms with Gasteiger partial charge in [0.15, 0.2) is 0 Å². The fourth-order valence-electron chi connectivity index (χ4n) is 2.66. The Balaban J connectivity index is 1.89. The molecule has 4 nitrogen and oxygen atoms in total. The molecule has 0 radical (unpaired) electrons. The van der Waals surface area contributed by atoms with Gasteiger partial charge in [0.05, 0.1) is 12.1 Å². The maximum atomic E-state index is 10.7. The van der Waals surface area contributed by atoms with Crippen molar-refractivity contribution in [3.8, 4) is 11.3 Å². The van der Waals surface area contributed by atoms with Crippen LogP contribution in [0.1, 0.15) is 29.7 Å². The van der Waals surface area contributed by atoms with Crippen molar-refractivity contribution in [2.45, 2.75) is 32.1 Å². The Kier molecular flexibility index (Phi) is 3.07. The van der Waals surface area contributed by atoms with Gasteiger partial charge in [-0.1, -0.05) is 12.1 Å². The summed E-state index contributed by atoms with van der Waals surface area (Å²) < 4.78 is 0. The predicted octanol–water partition coefficient (Wildman–Crippen LogP) is 2.58. The maximum absolute atomic E-state index is 10.7. The van der Waals surface area contributed by atoms with E-state index < -0.39 is 5.97 Å². The van der Waals surface area contributed by atoms with Gasteiger partial charge in [-0.25, -0.2) is 0 Å². The van der Waals surface area contributed by atoms with Crippen molar-refractivity contribution in [3.63, 3.8) is 0 Å². The van der Waals surface area contributed by atoms with Crippen LogP contribution in [-0.2, 0) is 24.1 Å². The molecule has 1 aromatic heterocycles. The van der Waals surface area contributed by atoms with Gasteiger partial charge >= 0.3 is 5.97 Å². The zero-order chi connectivity index (χ0) is 13.2. The fraction of sp³-hybridized carbons (Fsp3) is 0.333. The molecule has 3 rings (SSSR count). The number of H-pyrrole nitrogens is 1. The molecule has 4 heteroatoms. The number of carboxylic acids is 1.